The predicted molar refractivity (Wildman–Crippen MR) is 124 cm³/mol. The number of hydrogen-bond donors (Lipinski definition) is 0. The number of nitrogens with zero attached hydrogens (tertiary/aromatic N) is 2. The van der Waals surface area contributed by atoms with Crippen molar-refractivity contribution >= 4 is 15.9 Å². The molecule has 2 aromatic carbocycles. The Morgan fingerprint density at radius 1 is 1.00 bits per heavy atom. The Balaban J connectivity index is 1.63. The molecule has 0 atom stereocenters. The Morgan fingerprint density at radius 2 is 1.52 bits per heavy atom. The summed E-state index contributed by atoms with van der Waals surface area (Å²) in [7, 11) is -1.72. The third-order valence-electron chi connectivity index (χ3n) is 6.23. The van der Waals surface area contributed by atoms with Gasteiger partial charge in [0, 0.05) is 32.6 Å². The van der Waals surface area contributed by atoms with E-state index in [2.05, 4.69) is 31.2 Å². The Labute approximate surface area is 187 Å². The van der Waals surface area contributed by atoms with Gasteiger partial charge in [-0.25, -0.2) is 8.42 Å². The van der Waals surface area contributed by atoms with Gasteiger partial charge in [0.2, 0.25) is 15.9 Å². The maximum Gasteiger partial charge on any atom is 0.243 e. The van der Waals surface area contributed by atoms with Crippen LogP contribution in [0.4, 0.5) is 0 Å². The molecular weight excluding hydrogens is 408 g/mol. The lowest BCUT2D eigenvalue weighted by Crippen LogP contribution is -2.43. The van der Waals surface area contributed by atoms with Gasteiger partial charge in [-0.3, -0.25) is 4.79 Å². The van der Waals surface area contributed by atoms with Crippen molar-refractivity contribution in [3.8, 4) is 0 Å². The van der Waals surface area contributed by atoms with Gasteiger partial charge in [0.1, 0.15) is 0 Å². The normalized spacial score (nSPS) is 15.8. The minimum absolute atomic E-state index is 0.0966. The fraction of sp³-hybridized carbons (Fsp3) is 0.480. The lowest BCUT2D eigenvalue weighted by molar-refractivity contribution is -0.135. The molecular formula is C25H34N2O3S. The van der Waals surface area contributed by atoms with Gasteiger partial charge in [-0.2, -0.15) is 4.31 Å². The van der Waals surface area contributed by atoms with Gasteiger partial charge in [-0.15, -0.1) is 0 Å². The van der Waals surface area contributed by atoms with Gasteiger partial charge in [-0.05, 0) is 62.3 Å². The highest BCUT2D eigenvalue weighted by Gasteiger charge is 2.34. The summed E-state index contributed by atoms with van der Waals surface area (Å²) < 4.78 is 28.1. The molecule has 0 radical (unpaired) electrons. The lowest BCUT2D eigenvalue weighted by Gasteiger charge is -2.33. The molecule has 1 aliphatic heterocycles. The zero-order valence-electron chi connectivity index (χ0n) is 19.3. The molecule has 0 bridgehead atoms. The smallest absolute Gasteiger partial charge is 0.243 e. The van der Waals surface area contributed by atoms with Crippen molar-refractivity contribution in [2.75, 3.05) is 20.1 Å². The number of amides is 1. The van der Waals surface area contributed by atoms with Crippen LogP contribution in [0, 0.1) is 26.7 Å². The molecule has 0 N–H and O–H groups in total. The zero-order chi connectivity index (χ0) is 22.8. The fourth-order valence-electron chi connectivity index (χ4n) is 4.59. The average molecular weight is 443 g/mol. The van der Waals surface area contributed by atoms with Gasteiger partial charge in [0.05, 0.1) is 4.90 Å². The van der Waals surface area contributed by atoms with Crippen LogP contribution in [0.5, 0.6) is 0 Å². The molecule has 0 aromatic heterocycles. The van der Waals surface area contributed by atoms with Crippen LogP contribution in [0.15, 0.2) is 41.3 Å². The summed E-state index contributed by atoms with van der Waals surface area (Å²) in [5.41, 5.74) is 5.02. The number of benzene rings is 2. The van der Waals surface area contributed by atoms with Crippen molar-refractivity contribution in [3.63, 3.8) is 0 Å². The molecule has 1 fully saturated rings. The molecule has 0 aliphatic carbocycles. The van der Waals surface area contributed by atoms with Crippen LogP contribution in [-0.4, -0.2) is 43.7 Å². The highest BCUT2D eigenvalue weighted by molar-refractivity contribution is 7.89. The summed E-state index contributed by atoms with van der Waals surface area (Å²) in [6.45, 7) is 9.13. The molecule has 0 spiro atoms. The first-order valence-corrected chi connectivity index (χ1v) is 12.5. The molecule has 1 saturated heterocycles. The van der Waals surface area contributed by atoms with E-state index in [1.54, 1.807) is 9.21 Å². The van der Waals surface area contributed by atoms with Crippen LogP contribution in [0.1, 0.15) is 47.6 Å². The molecule has 0 unspecified atom stereocenters. The number of carbonyl (C=O) groups is 1. The van der Waals surface area contributed by atoms with Crippen molar-refractivity contribution in [1.82, 2.24) is 9.21 Å². The summed E-state index contributed by atoms with van der Waals surface area (Å²) in [4.78, 5) is 15.1. The maximum absolute atomic E-state index is 13.3. The standard InChI is InChI=1S/C25H34N2O3S/c1-6-21-7-9-22(10-8-21)17-26(5)25(28)23-11-13-27(14-12-23)31(29,30)24-19(3)15-18(2)16-20(24)4/h7-10,15-16,23H,6,11-14,17H2,1-5H3. The number of sulfonamides is 1. The highest BCUT2D eigenvalue weighted by Crippen LogP contribution is 2.29. The molecule has 31 heavy (non-hydrogen) atoms. The molecule has 2 aromatic rings. The minimum Gasteiger partial charge on any atom is -0.341 e. The number of rotatable bonds is 6. The number of aryl methyl sites for hydroxylation is 4. The molecule has 168 valence electrons. The van der Waals surface area contributed by atoms with E-state index in [1.807, 2.05) is 40.0 Å². The predicted octanol–water partition coefficient (Wildman–Crippen LogP) is 4.23. The number of piperidine rings is 1. The SMILES string of the molecule is CCc1ccc(CN(C)C(=O)C2CCN(S(=O)(=O)c3c(C)cc(C)cc3C)CC2)cc1. The number of carbonyl (C=O) groups excluding carboxylic acids is 1. The monoisotopic (exact) mass is 442 g/mol. The molecule has 1 aliphatic rings. The van der Waals surface area contributed by atoms with Gasteiger partial charge < -0.3 is 4.90 Å². The van der Waals surface area contributed by atoms with Crippen molar-refractivity contribution in [2.45, 2.75) is 58.4 Å². The van der Waals surface area contributed by atoms with Crippen LogP contribution in [-0.2, 0) is 27.8 Å². The number of hydrogen-bond acceptors (Lipinski definition) is 3. The van der Waals surface area contributed by atoms with Crippen LogP contribution in [0.3, 0.4) is 0 Å². The zero-order valence-corrected chi connectivity index (χ0v) is 20.1. The van der Waals surface area contributed by atoms with Gasteiger partial charge in [-0.1, -0.05) is 48.9 Å². The summed E-state index contributed by atoms with van der Waals surface area (Å²) in [6.07, 6.45) is 2.11. The third-order valence-corrected chi connectivity index (χ3v) is 8.44. The first-order chi connectivity index (χ1) is 14.6. The van der Waals surface area contributed by atoms with E-state index < -0.39 is 10.0 Å². The highest BCUT2D eigenvalue weighted by atomic mass is 32.2. The second-order valence-electron chi connectivity index (χ2n) is 8.77. The minimum atomic E-state index is -3.56. The van der Waals surface area contributed by atoms with Gasteiger partial charge in [0.15, 0.2) is 0 Å². The lowest BCUT2D eigenvalue weighted by atomic mass is 9.96. The van der Waals surface area contributed by atoms with Crippen LogP contribution in [0.2, 0.25) is 0 Å². The molecule has 3 rings (SSSR count). The van der Waals surface area contributed by atoms with E-state index in [9.17, 15) is 13.2 Å². The molecule has 0 saturated carbocycles. The Kier molecular flexibility index (Phi) is 7.22. The van der Waals surface area contributed by atoms with Crippen molar-refractivity contribution in [3.05, 3.63) is 64.2 Å². The summed E-state index contributed by atoms with van der Waals surface area (Å²) >= 11 is 0. The third kappa shape index (κ3) is 5.18. The quantitative estimate of drug-likeness (QED) is 0.673. The van der Waals surface area contributed by atoms with Crippen LogP contribution in [0.25, 0.3) is 0 Å². The fourth-order valence-corrected chi connectivity index (χ4v) is 6.47. The van der Waals surface area contributed by atoms with Crippen molar-refractivity contribution in [1.29, 1.82) is 0 Å². The maximum atomic E-state index is 13.3. The van der Waals surface area contributed by atoms with E-state index in [4.69, 9.17) is 0 Å². The van der Waals surface area contributed by atoms with E-state index in [1.165, 1.54) is 5.56 Å². The second kappa shape index (κ2) is 9.53. The Bertz CT molecular complexity index is 1010. The first kappa shape index (κ1) is 23.5. The molecule has 1 amide bonds. The topological polar surface area (TPSA) is 57.7 Å². The van der Waals surface area contributed by atoms with Gasteiger partial charge in [0.25, 0.3) is 0 Å². The summed E-state index contributed by atoms with van der Waals surface area (Å²) in [6, 6.07) is 12.2. The average Bonchev–Trinajstić information content (AvgIpc) is 2.73. The largest absolute Gasteiger partial charge is 0.341 e. The van der Waals surface area contributed by atoms with E-state index in [0.717, 1.165) is 28.7 Å². The van der Waals surface area contributed by atoms with Crippen LogP contribution >= 0.6 is 0 Å². The van der Waals surface area contributed by atoms with Crippen molar-refractivity contribution in [2.24, 2.45) is 5.92 Å². The van der Waals surface area contributed by atoms with Crippen LogP contribution < -0.4 is 0 Å². The Hall–Kier alpha value is -2.18. The van der Waals surface area contributed by atoms with Crippen molar-refractivity contribution < 1.29 is 13.2 Å². The first-order valence-electron chi connectivity index (χ1n) is 11.0. The van der Waals surface area contributed by atoms with Gasteiger partial charge >= 0.3 is 0 Å². The Morgan fingerprint density at radius 3 is 2.03 bits per heavy atom. The molecule has 1 heterocycles. The summed E-state index contributed by atoms with van der Waals surface area (Å²) in [5, 5.41) is 0. The summed E-state index contributed by atoms with van der Waals surface area (Å²) in [5.74, 6) is -0.0362. The van der Waals surface area contributed by atoms with E-state index >= 15 is 0 Å². The second-order valence-corrected chi connectivity index (χ2v) is 10.6. The van der Waals surface area contributed by atoms with E-state index in [0.29, 0.717) is 37.4 Å². The molecule has 6 heteroatoms. The van der Waals surface area contributed by atoms with E-state index in [-0.39, 0.29) is 11.8 Å². The molecule has 5 nitrogen and oxygen atoms in total.